The second kappa shape index (κ2) is 9.55. The quantitative estimate of drug-likeness (QED) is 0.691. The average Bonchev–Trinajstić information content (AvgIpc) is 3.54. The first-order valence-electron chi connectivity index (χ1n) is 10.8. The Bertz CT molecular complexity index is 659. The van der Waals surface area contributed by atoms with Gasteiger partial charge in [0.2, 0.25) is 5.91 Å². The summed E-state index contributed by atoms with van der Waals surface area (Å²) in [6.45, 7) is 6.21. The van der Waals surface area contributed by atoms with Gasteiger partial charge in [-0.2, -0.15) is 0 Å². The van der Waals surface area contributed by atoms with E-state index in [1.54, 1.807) is 0 Å². The maximum atomic E-state index is 12.7. The molecule has 0 aromatic heterocycles. The smallest absolute Gasteiger partial charge is 0.253 e. The zero-order valence-corrected chi connectivity index (χ0v) is 17.7. The van der Waals surface area contributed by atoms with E-state index in [9.17, 15) is 9.59 Å². The highest BCUT2D eigenvalue weighted by atomic mass is 16.2. The van der Waals surface area contributed by atoms with Gasteiger partial charge in [0.15, 0.2) is 0 Å². The lowest BCUT2D eigenvalue weighted by molar-refractivity contribution is -0.133. The number of likely N-dealkylation sites (tertiary alicyclic amines) is 1. The van der Waals surface area contributed by atoms with Crippen LogP contribution in [0.2, 0.25) is 0 Å². The van der Waals surface area contributed by atoms with Crippen LogP contribution in [0.15, 0.2) is 24.3 Å². The third-order valence-corrected chi connectivity index (χ3v) is 6.06. The number of carbonyl (C=O) groups excluding carboxylic acids is 2. The zero-order valence-electron chi connectivity index (χ0n) is 17.7. The van der Waals surface area contributed by atoms with Crippen molar-refractivity contribution in [1.82, 2.24) is 14.7 Å². The van der Waals surface area contributed by atoms with E-state index in [-0.39, 0.29) is 5.91 Å². The van der Waals surface area contributed by atoms with Gasteiger partial charge in [-0.1, -0.05) is 12.1 Å². The standard InChI is InChI=1S/C23H35N3O2/c1-4-25(16-15-24(2)3)22(27)20-7-5-18(6-8-20)17-19-11-13-26(14-12-19)23(28)21-9-10-21/h5-8,19,21H,4,9-17H2,1-3H3. The van der Waals surface area contributed by atoms with E-state index >= 15 is 0 Å². The fourth-order valence-corrected chi connectivity index (χ4v) is 3.97. The molecule has 0 radical (unpaired) electrons. The van der Waals surface area contributed by atoms with Gasteiger partial charge in [-0.05, 0) is 76.7 Å². The Morgan fingerprint density at radius 1 is 1.00 bits per heavy atom. The number of hydrogen-bond acceptors (Lipinski definition) is 3. The second-order valence-electron chi connectivity index (χ2n) is 8.63. The van der Waals surface area contributed by atoms with Gasteiger partial charge in [-0.15, -0.1) is 0 Å². The first-order chi connectivity index (χ1) is 13.5. The van der Waals surface area contributed by atoms with E-state index in [0.29, 0.717) is 17.7 Å². The lowest BCUT2D eigenvalue weighted by Crippen LogP contribution is -2.39. The first kappa shape index (κ1) is 20.8. The Morgan fingerprint density at radius 2 is 1.64 bits per heavy atom. The topological polar surface area (TPSA) is 43.9 Å². The first-order valence-corrected chi connectivity index (χ1v) is 10.8. The van der Waals surface area contributed by atoms with Crippen molar-refractivity contribution in [3.05, 3.63) is 35.4 Å². The molecule has 2 aliphatic rings. The minimum absolute atomic E-state index is 0.114. The van der Waals surface area contributed by atoms with Crippen molar-refractivity contribution in [2.24, 2.45) is 11.8 Å². The van der Waals surface area contributed by atoms with Crippen molar-refractivity contribution in [2.45, 2.75) is 39.0 Å². The molecule has 1 aromatic carbocycles. The van der Waals surface area contributed by atoms with Crippen LogP contribution in [0.4, 0.5) is 0 Å². The molecular formula is C23H35N3O2. The van der Waals surface area contributed by atoms with E-state index in [1.165, 1.54) is 5.56 Å². The average molecular weight is 386 g/mol. The molecule has 0 unspecified atom stereocenters. The maximum absolute atomic E-state index is 12.7. The molecule has 2 amide bonds. The van der Waals surface area contributed by atoms with Crippen LogP contribution in [-0.2, 0) is 11.2 Å². The van der Waals surface area contributed by atoms with Crippen LogP contribution in [0.1, 0.15) is 48.5 Å². The molecule has 1 saturated heterocycles. The van der Waals surface area contributed by atoms with E-state index in [4.69, 9.17) is 0 Å². The molecule has 1 heterocycles. The van der Waals surface area contributed by atoms with Gasteiger partial charge in [0.1, 0.15) is 0 Å². The molecule has 0 atom stereocenters. The summed E-state index contributed by atoms with van der Waals surface area (Å²) in [4.78, 5) is 31.0. The molecule has 0 N–H and O–H groups in total. The summed E-state index contributed by atoms with van der Waals surface area (Å²) in [6, 6.07) is 8.16. The van der Waals surface area contributed by atoms with Crippen LogP contribution in [0.25, 0.3) is 0 Å². The van der Waals surface area contributed by atoms with Gasteiger partial charge in [-0.3, -0.25) is 9.59 Å². The minimum Gasteiger partial charge on any atom is -0.342 e. The van der Waals surface area contributed by atoms with Gasteiger partial charge in [0.05, 0.1) is 0 Å². The highest BCUT2D eigenvalue weighted by molar-refractivity contribution is 5.94. The Morgan fingerprint density at radius 3 is 2.18 bits per heavy atom. The Balaban J connectivity index is 1.49. The number of nitrogens with zero attached hydrogens (tertiary/aromatic N) is 3. The zero-order chi connectivity index (χ0) is 20.1. The van der Waals surface area contributed by atoms with Gasteiger partial charge in [0, 0.05) is 44.2 Å². The lowest BCUT2D eigenvalue weighted by Gasteiger charge is -2.32. The minimum atomic E-state index is 0.114. The number of rotatable bonds is 8. The van der Waals surface area contributed by atoms with E-state index in [1.807, 2.05) is 38.1 Å². The summed E-state index contributed by atoms with van der Waals surface area (Å²) >= 11 is 0. The Labute approximate surface area is 169 Å². The van der Waals surface area contributed by atoms with Gasteiger partial charge >= 0.3 is 0 Å². The summed E-state index contributed by atoms with van der Waals surface area (Å²) in [6.07, 6.45) is 5.40. The van der Waals surface area contributed by atoms with Crippen LogP contribution >= 0.6 is 0 Å². The lowest BCUT2D eigenvalue weighted by atomic mass is 9.89. The molecule has 2 fully saturated rings. The van der Waals surface area contributed by atoms with Gasteiger partial charge < -0.3 is 14.7 Å². The third-order valence-electron chi connectivity index (χ3n) is 6.06. The van der Waals surface area contributed by atoms with E-state index in [2.05, 4.69) is 21.9 Å². The highest BCUT2D eigenvalue weighted by Gasteiger charge is 2.34. The summed E-state index contributed by atoms with van der Waals surface area (Å²) in [5.74, 6) is 1.47. The van der Waals surface area contributed by atoms with Crippen LogP contribution in [0, 0.1) is 11.8 Å². The second-order valence-corrected chi connectivity index (χ2v) is 8.63. The predicted octanol–water partition coefficient (Wildman–Crippen LogP) is 2.90. The molecular weight excluding hydrogens is 350 g/mol. The SMILES string of the molecule is CCN(CCN(C)C)C(=O)c1ccc(CC2CCN(C(=O)C3CC3)CC2)cc1. The largest absolute Gasteiger partial charge is 0.342 e. The summed E-state index contributed by atoms with van der Waals surface area (Å²) in [7, 11) is 4.05. The Hall–Kier alpha value is -1.88. The number of amides is 2. The number of likely N-dealkylation sites (N-methyl/N-ethyl adjacent to an activating group) is 2. The van der Waals surface area contributed by atoms with Crippen LogP contribution in [0.5, 0.6) is 0 Å². The molecule has 1 aromatic rings. The summed E-state index contributed by atoms with van der Waals surface area (Å²) in [5.41, 5.74) is 2.06. The molecule has 3 rings (SSSR count). The molecule has 1 aliphatic carbocycles. The number of piperidine rings is 1. The van der Waals surface area contributed by atoms with Crippen molar-refractivity contribution in [3.8, 4) is 0 Å². The maximum Gasteiger partial charge on any atom is 0.253 e. The normalized spacial score (nSPS) is 17.8. The van der Waals surface area contributed by atoms with Crippen molar-refractivity contribution >= 4 is 11.8 Å². The molecule has 0 bridgehead atoms. The Kier molecular flexibility index (Phi) is 7.11. The summed E-state index contributed by atoms with van der Waals surface area (Å²) < 4.78 is 0. The number of hydrogen-bond donors (Lipinski definition) is 0. The van der Waals surface area contributed by atoms with Crippen LogP contribution < -0.4 is 0 Å². The molecule has 5 heteroatoms. The van der Waals surface area contributed by atoms with Crippen molar-refractivity contribution < 1.29 is 9.59 Å². The van der Waals surface area contributed by atoms with Crippen molar-refractivity contribution in [3.63, 3.8) is 0 Å². The monoisotopic (exact) mass is 385 g/mol. The fourth-order valence-electron chi connectivity index (χ4n) is 3.97. The van der Waals surface area contributed by atoms with Gasteiger partial charge in [-0.25, -0.2) is 0 Å². The predicted molar refractivity (Wildman–Crippen MR) is 112 cm³/mol. The molecule has 1 aliphatic heterocycles. The molecule has 5 nitrogen and oxygen atoms in total. The van der Waals surface area contributed by atoms with E-state index < -0.39 is 0 Å². The third kappa shape index (κ3) is 5.57. The van der Waals surface area contributed by atoms with Crippen molar-refractivity contribution in [1.29, 1.82) is 0 Å². The van der Waals surface area contributed by atoms with E-state index in [0.717, 1.165) is 70.4 Å². The van der Waals surface area contributed by atoms with Crippen LogP contribution in [0.3, 0.4) is 0 Å². The highest BCUT2D eigenvalue weighted by Crippen LogP contribution is 2.32. The number of carbonyl (C=O) groups is 2. The van der Waals surface area contributed by atoms with Crippen molar-refractivity contribution in [2.75, 3.05) is 46.8 Å². The van der Waals surface area contributed by atoms with Crippen LogP contribution in [-0.4, -0.2) is 73.3 Å². The molecule has 154 valence electrons. The fraction of sp³-hybridized carbons (Fsp3) is 0.652. The van der Waals surface area contributed by atoms with Gasteiger partial charge in [0.25, 0.3) is 5.91 Å². The molecule has 28 heavy (non-hydrogen) atoms. The molecule has 0 spiro atoms. The molecule has 1 saturated carbocycles. The number of benzene rings is 1. The summed E-state index contributed by atoms with van der Waals surface area (Å²) in [5, 5.41) is 0.